The first kappa shape index (κ1) is 21.0. The number of carbonyl (C=O) groups is 1. The first-order valence-electron chi connectivity index (χ1n) is 10.4. The van der Waals surface area contributed by atoms with Crippen molar-refractivity contribution in [1.29, 1.82) is 0 Å². The van der Waals surface area contributed by atoms with Gasteiger partial charge in [0.25, 0.3) is 0 Å². The Morgan fingerprint density at radius 1 is 1.20 bits per heavy atom. The van der Waals surface area contributed by atoms with E-state index in [0.717, 1.165) is 55.5 Å². The van der Waals surface area contributed by atoms with Gasteiger partial charge >= 0.3 is 0 Å². The summed E-state index contributed by atoms with van der Waals surface area (Å²) in [6.45, 7) is 5.85. The highest BCUT2D eigenvalue weighted by atomic mass is 35.5. The van der Waals surface area contributed by atoms with Crippen molar-refractivity contribution in [3.05, 3.63) is 58.6 Å². The van der Waals surface area contributed by atoms with Crippen LogP contribution in [0.5, 0.6) is 11.5 Å². The van der Waals surface area contributed by atoms with Crippen molar-refractivity contribution in [3.63, 3.8) is 0 Å². The zero-order valence-corrected chi connectivity index (χ0v) is 17.7. The molecule has 1 unspecified atom stereocenters. The smallest absolute Gasteiger partial charge is 0.227 e. The van der Waals surface area contributed by atoms with Crippen LogP contribution in [0.2, 0.25) is 5.02 Å². The molecule has 0 saturated carbocycles. The average molecular weight is 431 g/mol. The molecule has 2 heterocycles. The van der Waals surface area contributed by atoms with Gasteiger partial charge in [-0.3, -0.25) is 9.69 Å². The maximum atomic E-state index is 12.6. The number of hydrogen-bond donors (Lipinski definition) is 1. The first-order valence-corrected chi connectivity index (χ1v) is 10.8. The van der Waals surface area contributed by atoms with Gasteiger partial charge in [0, 0.05) is 31.2 Å². The van der Waals surface area contributed by atoms with Crippen molar-refractivity contribution in [1.82, 2.24) is 10.2 Å². The number of hydrogen-bond acceptors (Lipinski definition) is 5. The van der Waals surface area contributed by atoms with Gasteiger partial charge in [0.05, 0.1) is 19.1 Å². The summed E-state index contributed by atoms with van der Waals surface area (Å²) in [6, 6.07) is 13.4. The third-order valence-electron chi connectivity index (χ3n) is 5.44. The van der Waals surface area contributed by atoms with Crippen molar-refractivity contribution >= 4 is 17.5 Å². The number of amides is 1. The third kappa shape index (κ3) is 5.65. The minimum Gasteiger partial charge on any atom is -0.492 e. The lowest BCUT2D eigenvalue weighted by Crippen LogP contribution is -2.38. The van der Waals surface area contributed by atoms with Crippen LogP contribution < -0.4 is 14.8 Å². The molecule has 1 fully saturated rings. The summed E-state index contributed by atoms with van der Waals surface area (Å²) in [5, 5.41) is 3.68. The summed E-state index contributed by atoms with van der Waals surface area (Å²) in [5.41, 5.74) is 1.98. The molecular formula is C23H27ClN2O4. The largest absolute Gasteiger partial charge is 0.492 e. The monoisotopic (exact) mass is 430 g/mol. The molecule has 0 aromatic heterocycles. The molecule has 2 aliphatic heterocycles. The molecule has 1 N–H and O–H groups in total. The van der Waals surface area contributed by atoms with E-state index in [1.54, 1.807) is 6.07 Å². The minimum atomic E-state index is -0.219. The van der Waals surface area contributed by atoms with E-state index < -0.39 is 0 Å². The maximum absolute atomic E-state index is 12.6. The zero-order chi connectivity index (χ0) is 20.8. The molecule has 0 aliphatic carbocycles. The van der Waals surface area contributed by atoms with E-state index in [-0.39, 0.29) is 11.8 Å². The van der Waals surface area contributed by atoms with Gasteiger partial charge in [-0.05, 0) is 47.9 Å². The fraction of sp³-hybridized carbons (Fsp3) is 0.435. The molecule has 6 nitrogen and oxygen atoms in total. The van der Waals surface area contributed by atoms with E-state index in [2.05, 4.69) is 10.2 Å². The van der Waals surface area contributed by atoms with Crippen LogP contribution in [0, 0.1) is 5.92 Å². The Bertz CT molecular complexity index is 870. The number of ether oxygens (including phenoxy) is 3. The van der Waals surface area contributed by atoms with Gasteiger partial charge in [-0.1, -0.05) is 23.7 Å². The van der Waals surface area contributed by atoms with Crippen molar-refractivity contribution in [2.24, 2.45) is 5.92 Å². The van der Waals surface area contributed by atoms with E-state index in [1.807, 2.05) is 36.4 Å². The van der Waals surface area contributed by atoms with Gasteiger partial charge < -0.3 is 19.5 Å². The molecule has 1 atom stereocenters. The molecule has 0 spiro atoms. The third-order valence-corrected chi connectivity index (χ3v) is 5.68. The number of halogens is 1. The molecule has 0 radical (unpaired) electrons. The van der Waals surface area contributed by atoms with Crippen LogP contribution in [0.1, 0.15) is 11.1 Å². The predicted molar refractivity (Wildman–Crippen MR) is 115 cm³/mol. The number of benzene rings is 2. The second-order valence-corrected chi connectivity index (χ2v) is 8.07. The zero-order valence-electron chi connectivity index (χ0n) is 16.9. The van der Waals surface area contributed by atoms with E-state index in [1.165, 1.54) is 0 Å². The number of nitrogens with zero attached hydrogens (tertiary/aromatic N) is 1. The second-order valence-electron chi connectivity index (χ2n) is 7.63. The summed E-state index contributed by atoms with van der Waals surface area (Å²) >= 11 is 6.06. The standard InChI is InChI=1S/C23H27ClN2O4/c24-20-4-5-22-18(14-20)13-19(16-30-22)23(27)25-15-17-2-1-3-21(12-17)29-11-8-26-6-9-28-10-7-26/h1-5,12,14,19H,6-11,13,15-16H2,(H,25,27). The molecule has 1 amide bonds. The molecule has 0 bridgehead atoms. The molecular weight excluding hydrogens is 404 g/mol. The summed E-state index contributed by atoms with van der Waals surface area (Å²) in [4.78, 5) is 15.0. The van der Waals surface area contributed by atoms with Gasteiger partial charge in [0.15, 0.2) is 0 Å². The highest BCUT2D eigenvalue weighted by Gasteiger charge is 2.26. The molecule has 2 aromatic rings. The van der Waals surface area contributed by atoms with Crippen LogP contribution in [-0.2, 0) is 22.5 Å². The summed E-state index contributed by atoms with van der Waals surface area (Å²) in [7, 11) is 0. The van der Waals surface area contributed by atoms with Crippen LogP contribution in [-0.4, -0.2) is 56.9 Å². The Morgan fingerprint density at radius 3 is 2.93 bits per heavy atom. The Kier molecular flexibility index (Phi) is 7.10. The molecule has 30 heavy (non-hydrogen) atoms. The van der Waals surface area contributed by atoms with E-state index >= 15 is 0 Å². The van der Waals surface area contributed by atoms with E-state index in [4.69, 9.17) is 25.8 Å². The van der Waals surface area contributed by atoms with Crippen LogP contribution in [0.25, 0.3) is 0 Å². The highest BCUT2D eigenvalue weighted by Crippen LogP contribution is 2.29. The molecule has 1 saturated heterocycles. The number of morpholine rings is 1. The topological polar surface area (TPSA) is 60.0 Å². The van der Waals surface area contributed by atoms with E-state index in [9.17, 15) is 4.79 Å². The number of fused-ring (bicyclic) bond motifs is 1. The van der Waals surface area contributed by atoms with Crippen LogP contribution in [0.4, 0.5) is 0 Å². The van der Waals surface area contributed by atoms with Crippen LogP contribution in [0.3, 0.4) is 0 Å². The van der Waals surface area contributed by atoms with Crippen molar-refractivity contribution < 1.29 is 19.0 Å². The van der Waals surface area contributed by atoms with Gasteiger partial charge in [0.1, 0.15) is 24.7 Å². The lowest BCUT2D eigenvalue weighted by atomic mass is 9.96. The van der Waals surface area contributed by atoms with Crippen LogP contribution >= 0.6 is 11.6 Å². The fourth-order valence-corrected chi connectivity index (χ4v) is 3.92. The lowest BCUT2D eigenvalue weighted by Gasteiger charge is -2.26. The number of nitrogens with one attached hydrogen (secondary N) is 1. The van der Waals surface area contributed by atoms with Crippen molar-refractivity contribution in [2.45, 2.75) is 13.0 Å². The summed E-state index contributed by atoms with van der Waals surface area (Å²) in [5.74, 6) is 1.40. The lowest BCUT2D eigenvalue weighted by molar-refractivity contribution is -0.126. The molecule has 2 aromatic carbocycles. The molecule has 2 aliphatic rings. The van der Waals surface area contributed by atoms with Gasteiger partial charge in [-0.2, -0.15) is 0 Å². The van der Waals surface area contributed by atoms with Gasteiger partial charge in [0.2, 0.25) is 5.91 Å². The van der Waals surface area contributed by atoms with Crippen LogP contribution in [0.15, 0.2) is 42.5 Å². The molecule has 160 valence electrons. The minimum absolute atomic E-state index is 0.0146. The highest BCUT2D eigenvalue weighted by molar-refractivity contribution is 6.30. The van der Waals surface area contributed by atoms with Gasteiger partial charge in [-0.25, -0.2) is 0 Å². The number of carbonyl (C=O) groups excluding carboxylic acids is 1. The van der Waals surface area contributed by atoms with E-state index in [0.29, 0.717) is 31.2 Å². The first-order chi connectivity index (χ1) is 14.7. The Labute approximate surface area is 182 Å². The van der Waals surface area contributed by atoms with Crippen molar-refractivity contribution in [3.8, 4) is 11.5 Å². The van der Waals surface area contributed by atoms with Gasteiger partial charge in [-0.15, -0.1) is 0 Å². The normalized spacial score (nSPS) is 18.9. The molecule has 7 heteroatoms. The maximum Gasteiger partial charge on any atom is 0.227 e. The fourth-order valence-electron chi connectivity index (χ4n) is 3.73. The Balaban J connectivity index is 1.24. The summed E-state index contributed by atoms with van der Waals surface area (Å²) in [6.07, 6.45) is 0.631. The Hall–Kier alpha value is -2.28. The molecule has 4 rings (SSSR count). The predicted octanol–water partition coefficient (Wildman–Crippen LogP) is 2.92. The average Bonchev–Trinajstić information content (AvgIpc) is 2.78. The Morgan fingerprint density at radius 2 is 2.07 bits per heavy atom. The van der Waals surface area contributed by atoms with Crippen molar-refractivity contribution in [2.75, 3.05) is 46.1 Å². The number of rotatable bonds is 7. The summed E-state index contributed by atoms with van der Waals surface area (Å²) < 4.78 is 17.0. The quantitative estimate of drug-likeness (QED) is 0.731. The SMILES string of the molecule is O=C(NCc1cccc(OCCN2CCOCC2)c1)C1COc2ccc(Cl)cc2C1. The second kappa shape index (κ2) is 10.2.